The van der Waals surface area contributed by atoms with Crippen molar-refractivity contribution in [1.82, 2.24) is 14.3 Å². The van der Waals surface area contributed by atoms with Gasteiger partial charge in [0, 0.05) is 6.54 Å². The second kappa shape index (κ2) is 6.42. The molecular formula is C18H27N3O3. The number of ether oxygens (including phenoxy) is 1. The maximum absolute atomic E-state index is 12.4. The normalized spacial score (nSPS) is 21.2. The average Bonchev–Trinajstić information content (AvgIpc) is 2.87. The van der Waals surface area contributed by atoms with Gasteiger partial charge < -0.3 is 4.74 Å². The lowest BCUT2D eigenvalue weighted by Gasteiger charge is -2.05. The van der Waals surface area contributed by atoms with E-state index in [0.717, 1.165) is 5.57 Å². The molecule has 0 amide bonds. The van der Waals surface area contributed by atoms with Crippen molar-refractivity contribution in [1.29, 1.82) is 0 Å². The molecule has 0 aliphatic heterocycles. The van der Waals surface area contributed by atoms with E-state index in [-0.39, 0.29) is 35.6 Å². The number of aromatic nitrogens is 3. The lowest BCUT2D eigenvalue weighted by atomic mass is 10.1. The number of hydrogen-bond acceptors (Lipinski definition) is 4. The Kier molecular flexibility index (Phi) is 4.87. The van der Waals surface area contributed by atoms with Crippen LogP contribution in [0.4, 0.5) is 0 Å². The van der Waals surface area contributed by atoms with Gasteiger partial charge in [0.25, 0.3) is 0 Å². The summed E-state index contributed by atoms with van der Waals surface area (Å²) in [5.41, 5.74) is 1.66. The highest BCUT2D eigenvalue weighted by Gasteiger charge is 2.61. The van der Waals surface area contributed by atoms with E-state index in [4.69, 9.17) is 4.74 Å². The molecule has 132 valence electrons. The summed E-state index contributed by atoms with van der Waals surface area (Å²) in [7, 11) is 0. The molecule has 1 heterocycles. The van der Waals surface area contributed by atoms with Gasteiger partial charge in [-0.15, -0.1) is 0 Å². The van der Waals surface area contributed by atoms with Crippen LogP contribution >= 0.6 is 0 Å². The minimum atomic E-state index is -0.292. The third-order valence-electron chi connectivity index (χ3n) is 4.54. The maximum atomic E-state index is 12.4. The van der Waals surface area contributed by atoms with Gasteiger partial charge in [-0.1, -0.05) is 37.6 Å². The second-order valence-corrected chi connectivity index (χ2v) is 7.53. The smallest absolute Gasteiger partial charge is 0.349 e. The fourth-order valence-electron chi connectivity index (χ4n) is 3.10. The molecule has 0 radical (unpaired) electrons. The summed E-state index contributed by atoms with van der Waals surface area (Å²) >= 11 is 0. The molecule has 2 rings (SSSR count). The summed E-state index contributed by atoms with van der Waals surface area (Å²) in [6, 6.07) is 0. The number of nitrogens with zero attached hydrogens (tertiary/aromatic N) is 3. The Morgan fingerprint density at radius 3 is 2.54 bits per heavy atom. The first kappa shape index (κ1) is 18.2. The Morgan fingerprint density at radius 1 is 1.38 bits per heavy atom. The van der Waals surface area contributed by atoms with Gasteiger partial charge >= 0.3 is 11.7 Å². The summed E-state index contributed by atoms with van der Waals surface area (Å²) < 4.78 is 8.05. The standard InChI is InChI=1S/C18H27N3O3/c1-11(2)8-14-15(18(14,6)7)16(22)24-10-21-17(23)20(9-12(3)4)13(5)19-21/h8,14-15H,3,9-10H2,1-2,4-7H3. The molecule has 0 aromatic carbocycles. The molecule has 1 aliphatic carbocycles. The van der Waals surface area contributed by atoms with E-state index in [1.54, 1.807) is 6.92 Å². The molecule has 1 fully saturated rings. The first-order valence-electron chi connectivity index (χ1n) is 8.16. The van der Waals surface area contributed by atoms with Crippen molar-refractivity contribution in [3.8, 4) is 0 Å². The van der Waals surface area contributed by atoms with Gasteiger partial charge in [-0.2, -0.15) is 9.78 Å². The Bertz CT molecular complexity index is 748. The highest BCUT2D eigenvalue weighted by molar-refractivity contribution is 5.78. The van der Waals surface area contributed by atoms with Crippen molar-refractivity contribution in [2.45, 2.75) is 54.8 Å². The predicted molar refractivity (Wildman–Crippen MR) is 92.3 cm³/mol. The van der Waals surface area contributed by atoms with Gasteiger partial charge in [0.15, 0.2) is 6.73 Å². The van der Waals surface area contributed by atoms with Gasteiger partial charge in [-0.25, -0.2) is 4.79 Å². The minimum Gasteiger partial charge on any atom is -0.442 e. The molecule has 0 N–H and O–H groups in total. The first-order chi connectivity index (χ1) is 11.1. The summed E-state index contributed by atoms with van der Waals surface area (Å²) in [4.78, 5) is 24.6. The lowest BCUT2D eigenvalue weighted by molar-refractivity contribution is -0.150. The van der Waals surface area contributed by atoms with Crippen molar-refractivity contribution in [3.63, 3.8) is 0 Å². The molecule has 6 heteroatoms. The van der Waals surface area contributed by atoms with E-state index in [9.17, 15) is 9.59 Å². The highest BCUT2D eigenvalue weighted by Crippen LogP contribution is 2.59. The molecule has 1 aliphatic rings. The van der Waals surface area contributed by atoms with Crippen LogP contribution in [0.1, 0.15) is 40.4 Å². The predicted octanol–water partition coefficient (Wildman–Crippen LogP) is 2.67. The Hall–Kier alpha value is -2.11. The van der Waals surface area contributed by atoms with E-state index in [0.29, 0.717) is 12.4 Å². The van der Waals surface area contributed by atoms with Gasteiger partial charge in [-0.05, 0) is 39.0 Å². The number of allylic oxidation sites excluding steroid dienone is 3. The van der Waals surface area contributed by atoms with E-state index in [1.165, 1.54) is 14.8 Å². The molecule has 2 unspecified atom stereocenters. The van der Waals surface area contributed by atoms with Crippen molar-refractivity contribution >= 4 is 5.97 Å². The third-order valence-corrected chi connectivity index (χ3v) is 4.54. The lowest BCUT2D eigenvalue weighted by Crippen LogP contribution is -2.27. The molecule has 2 atom stereocenters. The van der Waals surface area contributed by atoms with Crippen molar-refractivity contribution in [2.24, 2.45) is 17.3 Å². The van der Waals surface area contributed by atoms with Crippen LogP contribution in [0.3, 0.4) is 0 Å². The van der Waals surface area contributed by atoms with Crippen LogP contribution in [0.5, 0.6) is 0 Å². The average molecular weight is 333 g/mol. The monoisotopic (exact) mass is 333 g/mol. The van der Waals surface area contributed by atoms with E-state index >= 15 is 0 Å². The quantitative estimate of drug-likeness (QED) is 0.593. The second-order valence-electron chi connectivity index (χ2n) is 7.53. The van der Waals surface area contributed by atoms with E-state index in [1.807, 2.05) is 20.8 Å². The SMILES string of the molecule is C=C(C)Cn1c(C)nn(COC(=O)C2C(C=C(C)C)C2(C)C)c1=O. The fraction of sp³-hybridized carbons (Fsp3) is 0.611. The van der Waals surface area contributed by atoms with Gasteiger partial charge in [-0.3, -0.25) is 9.36 Å². The molecule has 1 aromatic rings. The molecule has 0 spiro atoms. The molecular weight excluding hydrogens is 306 g/mol. The summed E-state index contributed by atoms with van der Waals surface area (Å²) in [5.74, 6) is 0.325. The van der Waals surface area contributed by atoms with Crippen LogP contribution < -0.4 is 5.69 Å². The number of aryl methyl sites for hydroxylation is 1. The van der Waals surface area contributed by atoms with Crippen LogP contribution in [0.15, 0.2) is 28.6 Å². The maximum Gasteiger partial charge on any atom is 0.349 e. The van der Waals surface area contributed by atoms with Crippen LogP contribution in [0, 0.1) is 24.2 Å². The molecule has 6 nitrogen and oxygen atoms in total. The largest absolute Gasteiger partial charge is 0.442 e. The number of carbonyl (C=O) groups excluding carboxylic acids is 1. The topological polar surface area (TPSA) is 66.1 Å². The number of esters is 1. The highest BCUT2D eigenvalue weighted by atomic mass is 16.5. The summed E-state index contributed by atoms with van der Waals surface area (Å²) in [6.45, 7) is 15.8. The van der Waals surface area contributed by atoms with Gasteiger partial charge in [0.1, 0.15) is 5.82 Å². The minimum absolute atomic E-state index is 0.103. The van der Waals surface area contributed by atoms with Gasteiger partial charge in [0.05, 0.1) is 5.92 Å². The Labute approximate surface area is 142 Å². The number of hydrogen-bond donors (Lipinski definition) is 0. The van der Waals surface area contributed by atoms with E-state index in [2.05, 4.69) is 31.6 Å². The van der Waals surface area contributed by atoms with Crippen molar-refractivity contribution in [2.75, 3.05) is 0 Å². The van der Waals surface area contributed by atoms with Crippen LogP contribution in [0.2, 0.25) is 0 Å². The molecule has 24 heavy (non-hydrogen) atoms. The zero-order valence-electron chi connectivity index (χ0n) is 15.4. The molecule has 0 bridgehead atoms. The van der Waals surface area contributed by atoms with Crippen LogP contribution in [-0.4, -0.2) is 20.3 Å². The molecule has 1 saturated carbocycles. The van der Waals surface area contributed by atoms with Gasteiger partial charge in [0.2, 0.25) is 0 Å². The van der Waals surface area contributed by atoms with Crippen LogP contribution in [-0.2, 0) is 22.8 Å². The Balaban J connectivity index is 2.05. The number of carbonyl (C=O) groups is 1. The third kappa shape index (κ3) is 3.52. The number of rotatable bonds is 6. The van der Waals surface area contributed by atoms with Crippen molar-refractivity contribution < 1.29 is 9.53 Å². The van der Waals surface area contributed by atoms with Crippen LogP contribution in [0.25, 0.3) is 0 Å². The Morgan fingerprint density at radius 2 is 2.00 bits per heavy atom. The van der Waals surface area contributed by atoms with Crippen molar-refractivity contribution in [3.05, 3.63) is 40.1 Å². The summed E-state index contributed by atoms with van der Waals surface area (Å²) in [6.07, 6.45) is 2.11. The fourth-order valence-corrected chi connectivity index (χ4v) is 3.10. The molecule has 0 saturated heterocycles. The van der Waals surface area contributed by atoms with E-state index < -0.39 is 0 Å². The zero-order chi connectivity index (χ0) is 18.2. The summed E-state index contributed by atoms with van der Waals surface area (Å²) in [5, 5.41) is 4.16. The molecule has 1 aromatic heterocycles. The zero-order valence-corrected chi connectivity index (χ0v) is 15.4. The first-order valence-corrected chi connectivity index (χ1v) is 8.16.